The van der Waals surface area contributed by atoms with E-state index in [1.807, 2.05) is 20.8 Å². The summed E-state index contributed by atoms with van der Waals surface area (Å²) in [5, 5.41) is 3.94. The topological polar surface area (TPSA) is 60.3 Å². The maximum Gasteiger partial charge on any atom is 0.408 e. The molecule has 0 radical (unpaired) electrons. The second-order valence-corrected chi connectivity index (χ2v) is 8.22. The molecule has 152 valence electrons. The number of alkyl carbamates (subject to hydrolysis) is 1. The first kappa shape index (κ1) is 20.9. The van der Waals surface area contributed by atoms with Crippen molar-refractivity contribution < 1.29 is 13.9 Å². The van der Waals surface area contributed by atoms with Gasteiger partial charge in [-0.1, -0.05) is 29.8 Å². The molecule has 0 aliphatic carbocycles. The van der Waals surface area contributed by atoms with Crippen molar-refractivity contribution in [1.29, 1.82) is 0 Å². The quantitative estimate of drug-likeness (QED) is 0.624. The van der Waals surface area contributed by atoms with E-state index < -0.39 is 29.1 Å². The van der Waals surface area contributed by atoms with Crippen molar-refractivity contribution in [2.75, 3.05) is 0 Å². The number of carbonyl (C=O) groups excluding carboxylic acids is 1. The SMILES string of the molecule is C[C@H](OC(=O)NC(C)(C)C)c1cc2cccc(Cl)c2c(=O)n1-c1cccc(F)c1. The Labute approximate surface area is 173 Å². The average Bonchev–Trinajstić information content (AvgIpc) is 2.59. The summed E-state index contributed by atoms with van der Waals surface area (Å²) in [4.78, 5) is 25.5. The Morgan fingerprint density at radius 2 is 1.86 bits per heavy atom. The fraction of sp³-hybridized carbons (Fsp3) is 0.273. The molecule has 2 aromatic carbocycles. The normalized spacial score (nSPS) is 12.6. The maximum absolute atomic E-state index is 13.9. The van der Waals surface area contributed by atoms with Gasteiger partial charge in [-0.05, 0) is 63.4 Å². The van der Waals surface area contributed by atoms with Gasteiger partial charge in [0.2, 0.25) is 0 Å². The van der Waals surface area contributed by atoms with Crippen LogP contribution in [0.2, 0.25) is 5.02 Å². The van der Waals surface area contributed by atoms with E-state index in [4.69, 9.17) is 16.3 Å². The Bertz CT molecular complexity index is 1140. The number of amides is 1. The molecular weight excluding hydrogens is 395 g/mol. The van der Waals surface area contributed by atoms with Crippen molar-refractivity contribution in [3.05, 3.63) is 75.4 Å². The summed E-state index contributed by atoms with van der Waals surface area (Å²) in [6.07, 6.45) is -1.40. The summed E-state index contributed by atoms with van der Waals surface area (Å²) in [5.74, 6) is -0.487. The van der Waals surface area contributed by atoms with E-state index in [1.165, 1.54) is 22.8 Å². The Kier molecular flexibility index (Phi) is 5.66. The van der Waals surface area contributed by atoms with Crippen LogP contribution in [0.5, 0.6) is 0 Å². The van der Waals surface area contributed by atoms with E-state index in [0.717, 1.165) is 0 Å². The fourth-order valence-electron chi connectivity index (χ4n) is 3.08. The third kappa shape index (κ3) is 4.59. The Balaban J connectivity index is 2.18. The monoisotopic (exact) mass is 416 g/mol. The molecule has 1 aromatic heterocycles. The number of carbonyl (C=O) groups is 1. The zero-order chi connectivity index (χ0) is 21.3. The molecule has 3 aromatic rings. The van der Waals surface area contributed by atoms with E-state index in [2.05, 4.69) is 5.32 Å². The Morgan fingerprint density at radius 3 is 2.52 bits per heavy atom. The molecule has 0 saturated heterocycles. The molecule has 0 spiro atoms. The van der Waals surface area contributed by atoms with Gasteiger partial charge in [0, 0.05) is 5.54 Å². The van der Waals surface area contributed by atoms with E-state index in [0.29, 0.717) is 27.2 Å². The zero-order valence-electron chi connectivity index (χ0n) is 16.6. The number of ether oxygens (including phenoxy) is 1. The highest BCUT2D eigenvalue weighted by Gasteiger charge is 2.22. The molecule has 1 N–H and O–H groups in total. The molecule has 1 amide bonds. The van der Waals surface area contributed by atoms with Gasteiger partial charge in [-0.15, -0.1) is 0 Å². The number of benzene rings is 2. The molecule has 29 heavy (non-hydrogen) atoms. The first-order chi connectivity index (χ1) is 13.6. The van der Waals surface area contributed by atoms with Crippen LogP contribution >= 0.6 is 11.6 Å². The number of nitrogens with zero attached hydrogens (tertiary/aromatic N) is 1. The molecule has 0 bridgehead atoms. The first-order valence-electron chi connectivity index (χ1n) is 9.16. The molecule has 0 aliphatic rings. The minimum Gasteiger partial charge on any atom is -0.440 e. The van der Waals surface area contributed by atoms with Gasteiger partial charge in [0.25, 0.3) is 5.56 Å². The van der Waals surface area contributed by atoms with Gasteiger partial charge >= 0.3 is 6.09 Å². The minimum atomic E-state index is -0.781. The maximum atomic E-state index is 13.9. The molecule has 1 atom stereocenters. The second-order valence-electron chi connectivity index (χ2n) is 7.82. The molecule has 0 saturated carbocycles. The number of fused-ring (bicyclic) bond motifs is 1. The van der Waals surface area contributed by atoms with E-state index in [1.54, 1.807) is 37.3 Å². The first-order valence-corrected chi connectivity index (χ1v) is 9.53. The van der Waals surface area contributed by atoms with Crippen molar-refractivity contribution in [3.8, 4) is 5.69 Å². The van der Waals surface area contributed by atoms with Crippen LogP contribution in [0.15, 0.2) is 53.3 Å². The van der Waals surface area contributed by atoms with Gasteiger partial charge in [-0.2, -0.15) is 0 Å². The lowest BCUT2D eigenvalue weighted by Gasteiger charge is -2.24. The number of halogens is 2. The molecule has 5 nitrogen and oxygen atoms in total. The molecule has 0 fully saturated rings. The summed E-state index contributed by atoms with van der Waals surface area (Å²) in [6, 6.07) is 12.5. The van der Waals surface area contributed by atoms with Crippen LogP contribution in [0.25, 0.3) is 16.5 Å². The van der Waals surface area contributed by atoms with Crippen LogP contribution in [0.3, 0.4) is 0 Å². The van der Waals surface area contributed by atoms with Crippen molar-refractivity contribution >= 4 is 28.5 Å². The number of hydrogen-bond donors (Lipinski definition) is 1. The molecular formula is C22H22ClFN2O3. The molecule has 1 heterocycles. The van der Waals surface area contributed by atoms with Gasteiger partial charge in [0.15, 0.2) is 0 Å². The van der Waals surface area contributed by atoms with Crippen molar-refractivity contribution in [1.82, 2.24) is 9.88 Å². The van der Waals surface area contributed by atoms with Crippen molar-refractivity contribution in [2.24, 2.45) is 0 Å². The predicted octanol–water partition coefficient (Wildman–Crippen LogP) is 5.37. The third-order valence-corrected chi connectivity index (χ3v) is 4.58. The van der Waals surface area contributed by atoms with Crippen molar-refractivity contribution in [3.63, 3.8) is 0 Å². The second kappa shape index (κ2) is 7.87. The summed E-state index contributed by atoms with van der Waals surface area (Å²) in [6.45, 7) is 7.15. The van der Waals surface area contributed by atoms with Gasteiger partial charge in [0.05, 0.1) is 21.8 Å². The smallest absolute Gasteiger partial charge is 0.408 e. The lowest BCUT2D eigenvalue weighted by molar-refractivity contribution is 0.0969. The Morgan fingerprint density at radius 1 is 1.17 bits per heavy atom. The number of pyridine rings is 1. The summed E-state index contributed by atoms with van der Waals surface area (Å²) >= 11 is 6.26. The van der Waals surface area contributed by atoms with Crippen LogP contribution in [-0.2, 0) is 4.74 Å². The molecule has 7 heteroatoms. The molecule has 0 unspecified atom stereocenters. The molecule has 0 aliphatic heterocycles. The standard InChI is InChI=1S/C22H22ClFN2O3/c1-13(29-21(28)25-22(2,3)4)18-11-14-7-5-10-17(23)19(14)20(27)26(18)16-9-6-8-15(24)12-16/h5-13H,1-4H3,(H,25,28)/t13-/m0/s1. The average molecular weight is 417 g/mol. The number of aromatic nitrogens is 1. The summed E-state index contributed by atoms with van der Waals surface area (Å²) in [7, 11) is 0. The van der Waals surface area contributed by atoms with Crippen LogP contribution in [0.4, 0.5) is 9.18 Å². The highest BCUT2D eigenvalue weighted by atomic mass is 35.5. The summed E-state index contributed by atoms with van der Waals surface area (Å²) < 4.78 is 20.7. The third-order valence-electron chi connectivity index (χ3n) is 4.27. The lowest BCUT2D eigenvalue weighted by Crippen LogP contribution is -2.41. The lowest BCUT2D eigenvalue weighted by atomic mass is 10.1. The Hall–Kier alpha value is -2.86. The van der Waals surface area contributed by atoms with Crippen molar-refractivity contribution in [2.45, 2.75) is 39.3 Å². The van der Waals surface area contributed by atoms with E-state index in [9.17, 15) is 14.0 Å². The predicted molar refractivity (Wildman–Crippen MR) is 112 cm³/mol. The van der Waals surface area contributed by atoms with Gasteiger partial charge in [-0.25, -0.2) is 9.18 Å². The van der Waals surface area contributed by atoms with Crippen LogP contribution in [0, 0.1) is 5.82 Å². The van der Waals surface area contributed by atoms with Crippen LogP contribution in [-0.4, -0.2) is 16.2 Å². The van der Waals surface area contributed by atoms with Gasteiger partial charge < -0.3 is 10.1 Å². The van der Waals surface area contributed by atoms with E-state index in [-0.39, 0.29) is 0 Å². The van der Waals surface area contributed by atoms with Crippen LogP contribution in [0.1, 0.15) is 39.5 Å². The highest BCUT2D eigenvalue weighted by Crippen LogP contribution is 2.27. The fourth-order valence-corrected chi connectivity index (χ4v) is 3.34. The van der Waals surface area contributed by atoms with Gasteiger partial charge in [-0.3, -0.25) is 9.36 Å². The van der Waals surface area contributed by atoms with Gasteiger partial charge in [0.1, 0.15) is 11.9 Å². The zero-order valence-corrected chi connectivity index (χ0v) is 17.4. The van der Waals surface area contributed by atoms with E-state index >= 15 is 0 Å². The highest BCUT2D eigenvalue weighted by molar-refractivity contribution is 6.35. The minimum absolute atomic E-state index is 0.295. The largest absolute Gasteiger partial charge is 0.440 e. The number of hydrogen-bond acceptors (Lipinski definition) is 3. The summed E-state index contributed by atoms with van der Waals surface area (Å²) in [5.41, 5.74) is -0.172. The van der Waals surface area contributed by atoms with Crippen LogP contribution < -0.4 is 10.9 Å². The number of nitrogens with one attached hydrogen (secondary N) is 1. The molecule has 3 rings (SSSR count). The number of rotatable bonds is 3.